The second-order valence-corrected chi connectivity index (χ2v) is 33.5. The third-order valence-corrected chi connectivity index (χ3v) is 18.3. The summed E-state index contributed by atoms with van der Waals surface area (Å²) in [4.78, 5) is 8.85. The topological polar surface area (TPSA) is 38.7 Å². The fraction of sp³-hybridized carbons (Fsp3) is 0.400. The molecule has 0 bridgehead atoms. The Kier molecular flexibility index (Phi) is 71.1. The first kappa shape index (κ1) is 78.4. The average Bonchev–Trinajstić information content (AvgIpc) is 2.67. The molecule has 0 aromatic rings. The number of rotatable bonds is 10. The van der Waals surface area contributed by atoms with Gasteiger partial charge in [0.25, 0.3) is 0 Å². The predicted octanol–water partition coefficient (Wildman–Crippen LogP) is 10.5. The van der Waals surface area contributed by atoms with Crippen LogP contribution in [0.1, 0.15) is 0 Å². The summed E-state index contributed by atoms with van der Waals surface area (Å²) < 4.78 is 11.9. The van der Waals surface area contributed by atoms with Crippen LogP contribution in [0.4, 0.5) is 0 Å². The van der Waals surface area contributed by atoms with Crippen molar-refractivity contribution in [1.82, 2.24) is 0 Å². The molecule has 11 heteroatoms. The predicted molar refractivity (Wildman–Crippen MR) is 210 cm³/mol. The smallest absolute Gasteiger partial charge is 0.206 e. The zero-order valence-corrected chi connectivity index (χ0v) is 41.4. The van der Waals surface area contributed by atoms with Gasteiger partial charge in [-0.3, -0.25) is 0 Å². The van der Waals surface area contributed by atoms with Gasteiger partial charge in [-0.2, -0.15) is 0 Å². The maximum Gasteiger partial charge on any atom is 0.206 e. The summed E-state index contributed by atoms with van der Waals surface area (Å²) >= 11 is 0. The molecule has 0 radical (unpaired) electrons. The molecule has 0 unspecified atom stereocenters. The van der Waals surface area contributed by atoms with Crippen molar-refractivity contribution in [2.45, 2.75) is 78.6 Å². The molecule has 0 spiro atoms. The quantitative estimate of drug-likeness (QED) is 0.175. The van der Waals surface area contributed by atoms with Gasteiger partial charge in [-0.1, -0.05) is 41.6 Å². The Morgan fingerprint density at radius 1 is 0.463 bits per heavy atom. The summed E-state index contributed by atoms with van der Waals surface area (Å²) in [5.74, 6) is 0. The van der Waals surface area contributed by atoms with Crippen LogP contribution in [0.15, 0.2) is 73.7 Å². The molecule has 0 fully saturated rings. The molecule has 3 nitrogen and oxygen atoms in total. The Labute approximate surface area is 300 Å². The zero-order chi connectivity index (χ0) is 27.7. The first-order valence-electron chi connectivity index (χ1n) is 11.4. The van der Waals surface area contributed by atoms with E-state index in [1.807, 2.05) is 35.9 Å². The van der Waals surface area contributed by atoms with Gasteiger partial charge >= 0.3 is 0 Å². The Bertz CT molecular complexity index is 544. The maximum atomic E-state index is 8.85. The minimum absolute atomic E-state index is 0. The molecule has 0 heterocycles. The van der Waals surface area contributed by atoms with Gasteiger partial charge in [-0.25, -0.2) is 0 Å². The molecule has 0 aliphatic heterocycles. The van der Waals surface area contributed by atoms with Crippen LogP contribution in [0.3, 0.4) is 0 Å². The van der Waals surface area contributed by atoms with E-state index in [4.69, 9.17) is 13.0 Å². The number of hydrogen-bond donors (Lipinski definition) is 1. The van der Waals surface area contributed by atoms with Crippen molar-refractivity contribution in [2.24, 2.45) is 0 Å². The van der Waals surface area contributed by atoms with Crippen LogP contribution >= 0.6 is 0 Å². The summed E-state index contributed by atoms with van der Waals surface area (Å²) in [6.07, 6.45) is 0. The van der Waals surface area contributed by atoms with Gasteiger partial charge < -0.3 is 57.6 Å². The molecule has 1 N–H and O–H groups in total. The second kappa shape index (κ2) is 37.2. The molecule has 41 heavy (non-hydrogen) atoms. The summed E-state index contributed by atoms with van der Waals surface area (Å²) in [5, 5.41) is 0. The Morgan fingerprint density at radius 3 is 0.634 bits per heavy atom. The van der Waals surface area contributed by atoms with Crippen LogP contribution in [0.25, 0.3) is 0 Å². The molecular formula is C30H74O3Pt2Si6-6. The van der Waals surface area contributed by atoms with Crippen molar-refractivity contribution in [3.63, 3.8) is 0 Å². The fourth-order valence-electron chi connectivity index (χ4n) is 1.52. The minimum atomic E-state index is -1.87. The van der Waals surface area contributed by atoms with E-state index in [1.165, 1.54) is 0 Å². The third kappa shape index (κ3) is 69.3. The van der Waals surface area contributed by atoms with E-state index < -0.39 is 41.6 Å². The molecule has 0 atom stereocenters. The van der Waals surface area contributed by atoms with Crippen LogP contribution in [0.5, 0.6) is 0 Å². The molecule has 0 saturated carbocycles. The van der Waals surface area contributed by atoms with Crippen LogP contribution in [0.2, 0.25) is 78.6 Å². The first-order valence-corrected chi connectivity index (χ1v) is 29.4. The van der Waals surface area contributed by atoms with Gasteiger partial charge in [-0.15, -0.1) is 45.2 Å². The Hall–Kier alpha value is 0.998. The van der Waals surface area contributed by atoms with Crippen molar-refractivity contribution < 1.29 is 55.2 Å². The summed E-state index contributed by atoms with van der Waals surface area (Å²) in [6, 6.07) is 0. The molecule has 0 amide bonds. The normalized spacial score (nSPS) is 9.51. The summed E-state index contributed by atoms with van der Waals surface area (Å²) in [7, 11) is -8.57. The molecule has 0 saturated heterocycles. The van der Waals surface area contributed by atoms with Crippen molar-refractivity contribution >= 4 is 50.4 Å². The molecule has 0 rings (SSSR count). The fourth-order valence-corrected chi connectivity index (χ4v) is 13.7. The molecule has 262 valence electrons. The first-order chi connectivity index (χ1) is 14.5. The zero-order valence-electron chi connectivity index (χ0n) is 30.7. The van der Waals surface area contributed by atoms with E-state index in [9.17, 15) is 0 Å². The van der Waals surface area contributed by atoms with E-state index >= 15 is 0 Å². The van der Waals surface area contributed by atoms with Gasteiger partial charge in [0.2, 0.25) is 8.32 Å². The van der Waals surface area contributed by atoms with E-state index in [2.05, 4.69) is 111 Å². The minimum Gasteiger partial charge on any atom is -0.449 e. The summed E-state index contributed by atoms with van der Waals surface area (Å²) in [5.41, 5.74) is 11.5. The summed E-state index contributed by atoms with van der Waals surface area (Å²) in [6.45, 7) is 47.5. The second-order valence-electron chi connectivity index (χ2n) is 10.8. The monoisotopic (exact) mass is 1040 g/mol. The van der Waals surface area contributed by atoms with E-state index in [0.29, 0.717) is 0 Å². The van der Waals surface area contributed by atoms with Crippen molar-refractivity contribution in [1.29, 1.82) is 0 Å². The average molecular weight is 1040 g/mol. The molecule has 0 aliphatic carbocycles. The maximum absolute atomic E-state index is 8.85. The van der Waals surface area contributed by atoms with Crippen LogP contribution < -0.4 is 0 Å². The molecule has 0 aliphatic rings. The van der Waals surface area contributed by atoms with Crippen LogP contribution in [-0.4, -0.2) is 55.2 Å². The van der Waals surface area contributed by atoms with Crippen molar-refractivity contribution in [3.8, 4) is 0 Å². The molecule has 0 aromatic heterocycles. The van der Waals surface area contributed by atoms with E-state index in [-0.39, 0.29) is 95.5 Å². The standard InChI is InChI=1S/2C8H18OSi2.C4H10OSi.C4H10Si.6CH3.2Pt/c2*1-7-10(3,4)9-11(5,6)8-2;1-4-6(2,3)5;1-4-5(2)3;;;;;;;;/h2*7-8H,1-2H2,3-6H3;4-5H,1H2,2-3H3;4-5H,1H2,2-3H3;6*1H3;;/q;;;;6*-1;;. The number of hydrogen-bond acceptors (Lipinski definition) is 3. The van der Waals surface area contributed by atoms with E-state index in [1.54, 1.807) is 5.70 Å². The van der Waals surface area contributed by atoms with Gasteiger partial charge in [-0.05, 0) is 65.5 Å². The Morgan fingerprint density at radius 2 is 0.585 bits per heavy atom. The third-order valence-electron chi connectivity index (χ3n) is 3.99. The van der Waals surface area contributed by atoms with Crippen molar-refractivity contribution in [3.05, 3.63) is 118 Å². The van der Waals surface area contributed by atoms with Gasteiger partial charge in [0.1, 0.15) is 0 Å². The largest absolute Gasteiger partial charge is 0.449 e. The van der Waals surface area contributed by atoms with Gasteiger partial charge in [0.15, 0.2) is 33.3 Å². The molecular weight excluding hydrogens is 967 g/mol. The van der Waals surface area contributed by atoms with Crippen molar-refractivity contribution in [2.75, 3.05) is 0 Å². The SMILES string of the molecule is C=C[SiH](C)C.C=C[Si](C)(C)O.C=C[Si](C)(C)O[Si](C)(C)C=C.C=C[Si](C)(C)O[Si](C)(C)C=C.[CH3-].[CH3-].[CH3-].[CH3-].[CH3-].[CH3-].[Pt].[Pt]. The van der Waals surface area contributed by atoms with E-state index in [0.717, 1.165) is 0 Å². The van der Waals surface area contributed by atoms with Gasteiger partial charge in [0, 0.05) is 42.1 Å². The van der Waals surface area contributed by atoms with Crippen LogP contribution in [0, 0.1) is 44.6 Å². The van der Waals surface area contributed by atoms with Gasteiger partial charge in [0.05, 0.1) is 8.80 Å². The Balaban J connectivity index is -0.0000000267. The van der Waals surface area contributed by atoms with Crippen LogP contribution in [-0.2, 0) is 50.4 Å². The molecule has 0 aromatic carbocycles.